The highest BCUT2D eigenvalue weighted by atomic mass is 32.1. The molecule has 3 nitrogen and oxygen atoms in total. The Kier molecular flexibility index (Phi) is 3.53. The zero-order valence-electron chi connectivity index (χ0n) is 10.9. The average Bonchev–Trinajstić information content (AvgIpc) is 3.09. The summed E-state index contributed by atoms with van der Waals surface area (Å²) < 4.78 is 6.49. The number of thiophene rings is 1. The molecule has 4 heteroatoms. The second-order valence-corrected chi connectivity index (χ2v) is 5.87. The molecule has 0 spiro atoms. The molecule has 1 heterocycles. The molecule has 1 aromatic heterocycles. The van der Waals surface area contributed by atoms with Crippen molar-refractivity contribution in [1.82, 2.24) is 5.32 Å². The standard InChI is InChI=1S/C15H17NO2S/c1-10(17)18-13-3-2-4-14-15(13)11(9-19-14)7-8-16-12-5-6-12/h2-4,9,12,16H,5-8H2,1H3. The number of hydrogen-bond acceptors (Lipinski definition) is 4. The molecular weight excluding hydrogens is 258 g/mol. The molecule has 1 aliphatic rings. The van der Waals surface area contributed by atoms with Crippen molar-refractivity contribution in [3.63, 3.8) is 0 Å². The van der Waals surface area contributed by atoms with Crippen molar-refractivity contribution >= 4 is 27.4 Å². The van der Waals surface area contributed by atoms with Gasteiger partial charge in [-0.15, -0.1) is 11.3 Å². The van der Waals surface area contributed by atoms with Crippen LogP contribution in [0.2, 0.25) is 0 Å². The third-order valence-corrected chi connectivity index (χ3v) is 4.29. The Labute approximate surface area is 116 Å². The van der Waals surface area contributed by atoms with E-state index < -0.39 is 0 Å². The summed E-state index contributed by atoms with van der Waals surface area (Å²) in [5, 5.41) is 6.79. The average molecular weight is 275 g/mol. The number of rotatable bonds is 5. The lowest BCUT2D eigenvalue weighted by Gasteiger charge is -2.06. The van der Waals surface area contributed by atoms with Crippen LogP contribution in [0.4, 0.5) is 0 Å². The number of carbonyl (C=O) groups is 1. The van der Waals surface area contributed by atoms with Crippen molar-refractivity contribution in [1.29, 1.82) is 0 Å². The van der Waals surface area contributed by atoms with Crippen LogP contribution in [-0.2, 0) is 11.2 Å². The first-order valence-corrected chi connectivity index (χ1v) is 7.53. The zero-order valence-corrected chi connectivity index (χ0v) is 11.8. The molecule has 19 heavy (non-hydrogen) atoms. The van der Waals surface area contributed by atoms with Crippen LogP contribution in [-0.4, -0.2) is 18.6 Å². The lowest BCUT2D eigenvalue weighted by Crippen LogP contribution is -2.19. The van der Waals surface area contributed by atoms with Crippen molar-refractivity contribution in [2.45, 2.75) is 32.2 Å². The van der Waals surface area contributed by atoms with Gasteiger partial charge in [-0.2, -0.15) is 0 Å². The maximum Gasteiger partial charge on any atom is 0.308 e. The highest BCUT2D eigenvalue weighted by molar-refractivity contribution is 7.17. The summed E-state index contributed by atoms with van der Waals surface area (Å²) in [6.07, 6.45) is 3.60. The van der Waals surface area contributed by atoms with Gasteiger partial charge in [-0.25, -0.2) is 0 Å². The topological polar surface area (TPSA) is 38.3 Å². The molecule has 2 aromatic rings. The van der Waals surface area contributed by atoms with Gasteiger partial charge in [-0.3, -0.25) is 4.79 Å². The van der Waals surface area contributed by atoms with Crippen molar-refractivity contribution in [2.75, 3.05) is 6.54 Å². The predicted octanol–water partition coefficient (Wildman–Crippen LogP) is 3.12. The van der Waals surface area contributed by atoms with Crippen LogP contribution in [0.15, 0.2) is 23.6 Å². The molecule has 0 atom stereocenters. The summed E-state index contributed by atoms with van der Waals surface area (Å²) in [5.41, 5.74) is 1.27. The van der Waals surface area contributed by atoms with Gasteiger partial charge in [0.1, 0.15) is 5.75 Å². The molecule has 0 bridgehead atoms. The maximum absolute atomic E-state index is 11.2. The Morgan fingerprint density at radius 2 is 2.32 bits per heavy atom. The van der Waals surface area contributed by atoms with Gasteiger partial charge in [-0.05, 0) is 48.9 Å². The second kappa shape index (κ2) is 5.31. The quantitative estimate of drug-likeness (QED) is 0.673. The number of carbonyl (C=O) groups excluding carboxylic acids is 1. The van der Waals surface area contributed by atoms with E-state index in [0.29, 0.717) is 5.75 Å². The van der Waals surface area contributed by atoms with Gasteiger partial charge >= 0.3 is 5.97 Å². The predicted molar refractivity (Wildman–Crippen MR) is 77.9 cm³/mol. The molecule has 0 aliphatic heterocycles. The number of benzene rings is 1. The van der Waals surface area contributed by atoms with Gasteiger partial charge in [0.2, 0.25) is 0 Å². The Balaban J connectivity index is 1.83. The van der Waals surface area contributed by atoms with Crippen molar-refractivity contribution in [3.05, 3.63) is 29.1 Å². The van der Waals surface area contributed by atoms with Gasteiger partial charge in [0.15, 0.2) is 0 Å². The van der Waals surface area contributed by atoms with E-state index in [1.54, 1.807) is 11.3 Å². The lowest BCUT2D eigenvalue weighted by atomic mass is 10.1. The van der Waals surface area contributed by atoms with Crippen LogP contribution in [0.1, 0.15) is 25.3 Å². The summed E-state index contributed by atoms with van der Waals surface area (Å²) in [4.78, 5) is 11.2. The number of hydrogen-bond donors (Lipinski definition) is 1. The first-order valence-electron chi connectivity index (χ1n) is 6.65. The molecule has 0 radical (unpaired) electrons. The molecule has 0 unspecified atom stereocenters. The Morgan fingerprint density at radius 3 is 3.05 bits per heavy atom. The fourth-order valence-corrected chi connectivity index (χ4v) is 3.25. The molecule has 1 N–H and O–H groups in total. The van der Waals surface area contributed by atoms with Gasteiger partial charge in [0, 0.05) is 23.1 Å². The summed E-state index contributed by atoms with van der Waals surface area (Å²) in [7, 11) is 0. The third-order valence-electron chi connectivity index (χ3n) is 3.30. The molecular formula is C15H17NO2S. The Bertz CT molecular complexity index is 601. The van der Waals surface area contributed by atoms with Crippen molar-refractivity contribution in [2.24, 2.45) is 0 Å². The first-order chi connectivity index (χ1) is 9.24. The fourth-order valence-electron chi connectivity index (χ4n) is 2.24. The van der Waals surface area contributed by atoms with Crippen molar-refractivity contribution < 1.29 is 9.53 Å². The number of ether oxygens (including phenoxy) is 1. The Morgan fingerprint density at radius 1 is 1.47 bits per heavy atom. The fraction of sp³-hybridized carbons (Fsp3) is 0.400. The number of esters is 1. The molecule has 100 valence electrons. The van der Waals surface area contributed by atoms with Crippen LogP contribution in [0, 0.1) is 0 Å². The smallest absolute Gasteiger partial charge is 0.308 e. The summed E-state index contributed by atoms with van der Waals surface area (Å²) in [5.74, 6) is 0.424. The second-order valence-electron chi connectivity index (χ2n) is 4.96. The Hall–Kier alpha value is -1.39. The minimum absolute atomic E-state index is 0.263. The molecule has 3 rings (SSSR count). The summed E-state index contributed by atoms with van der Waals surface area (Å²) in [6.45, 7) is 2.43. The van der Waals surface area contributed by atoms with E-state index in [2.05, 4.69) is 16.8 Å². The number of nitrogens with one attached hydrogen (secondary N) is 1. The van der Waals surface area contributed by atoms with E-state index in [-0.39, 0.29) is 5.97 Å². The van der Waals surface area contributed by atoms with Gasteiger partial charge in [0.05, 0.1) is 0 Å². The molecule has 0 saturated heterocycles. The maximum atomic E-state index is 11.2. The van der Waals surface area contributed by atoms with Crippen LogP contribution in [0.5, 0.6) is 5.75 Å². The van der Waals surface area contributed by atoms with E-state index in [1.807, 2.05) is 12.1 Å². The van der Waals surface area contributed by atoms with E-state index in [0.717, 1.165) is 24.4 Å². The molecule has 0 amide bonds. The van der Waals surface area contributed by atoms with Gasteiger partial charge < -0.3 is 10.1 Å². The minimum atomic E-state index is -0.263. The van der Waals surface area contributed by atoms with E-state index in [1.165, 1.54) is 30.0 Å². The SMILES string of the molecule is CC(=O)Oc1cccc2scc(CCNC3CC3)c12. The normalized spacial score (nSPS) is 14.8. The highest BCUT2D eigenvalue weighted by Gasteiger charge is 2.20. The van der Waals surface area contributed by atoms with Crippen LogP contribution < -0.4 is 10.1 Å². The number of fused-ring (bicyclic) bond motifs is 1. The third kappa shape index (κ3) is 2.96. The van der Waals surface area contributed by atoms with Crippen LogP contribution in [0.25, 0.3) is 10.1 Å². The van der Waals surface area contributed by atoms with Crippen LogP contribution >= 0.6 is 11.3 Å². The van der Waals surface area contributed by atoms with E-state index >= 15 is 0 Å². The zero-order chi connectivity index (χ0) is 13.2. The monoisotopic (exact) mass is 275 g/mol. The largest absolute Gasteiger partial charge is 0.426 e. The summed E-state index contributed by atoms with van der Waals surface area (Å²) in [6, 6.07) is 6.61. The minimum Gasteiger partial charge on any atom is -0.426 e. The highest BCUT2D eigenvalue weighted by Crippen LogP contribution is 2.34. The molecule has 1 aliphatic carbocycles. The van der Waals surface area contributed by atoms with E-state index in [4.69, 9.17) is 4.74 Å². The molecule has 1 saturated carbocycles. The van der Waals surface area contributed by atoms with Crippen LogP contribution in [0.3, 0.4) is 0 Å². The molecule has 1 fully saturated rings. The lowest BCUT2D eigenvalue weighted by molar-refractivity contribution is -0.131. The first kappa shape index (κ1) is 12.6. The van der Waals surface area contributed by atoms with E-state index in [9.17, 15) is 4.79 Å². The van der Waals surface area contributed by atoms with Gasteiger partial charge in [-0.1, -0.05) is 6.07 Å². The van der Waals surface area contributed by atoms with Crippen molar-refractivity contribution in [3.8, 4) is 5.75 Å². The summed E-state index contributed by atoms with van der Waals surface area (Å²) >= 11 is 1.71. The van der Waals surface area contributed by atoms with Gasteiger partial charge in [0.25, 0.3) is 0 Å². The molecule has 1 aromatic carbocycles.